The number of benzene rings is 2. The van der Waals surface area contributed by atoms with E-state index in [9.17, 15) is 39.6 Å². The minimum atomic E-state index is -2.82. The summed E-state index contributed by atoms with van der Waals surface area (Å²) in [5.41, 5.74) is 1.06. The number of amides is 2. The molecule has 5 rings (SSSR count). The number of likely N-dealkylation sites (N-methyl/N-ethyl adjacent to an activating group) is 1. The lowest BCUT2D eigenvalue weighted by Gasteiger charge is -2.50. The topological polar surface area (TPSA) is 194 Å². The number of phenolic OH excluding ortho intramolecular Hbond substituents is 1. The number of phenols is 1. The highest BCUT2D eigenvalue weighted by Gasteiger charge is 2.63. The van der Waals surface area contributed by atoms with Gasteiger partial charge in [0.05, 0.1) is 17.3 Å². The molecule has 0 saturated heterocycles. The van der Waals surface area contributed by atoms with Gasteiger partial charge in [0.15, 0.2) is 17.1 Å². The van der Waals surface area contributed by atoms with E-state index < -0.39 is 92.3 Å². The van der Waals surface area contributed by atoms with E-state index in [1.165, 1.54) is 31.1 Å². The van der Waals surface area contributed by atoms with Crippen LogP contribution in [0, 0.1) is 17.7 Å². The van der Waals surface area contributed by atoms with Crippen LogP contribution in [0.15, 0.2) is 53.0 Å². The van der Waals surface area contributed by atoms with Crippen molar-refractivity contribution in [1.29, 1.82) is 0 Å². The van der Waals surface area contributed by atoms with Crippen LogP contribution in [0.5, 0.6) is 5.75 Å². The Hall–Kier alpha value is -4.75. The third-order valence-corrected chi connectivity index (χ3v) is 8.56. The number of nitrogens with zero attached hydrogens (tertiary/aromatic N) is 2. The number of nitrogens with two attached hydrogens (primary N) is 1. The molecule has 0 fully saturated rings. The first-order valence-corrected chi connectivity index (χ1v) is 13.4. The Bertz CT molecular complexity index is 1660. The zero-order valence-corrected chi connectivity index (χ0v) is 23.8. The number of carbonyl (C=O) groups is 4. The van der Waals surface area contributed by atoms with Gasteiger partial charge in [-0.25, -0.2) is 4.39 Å². The van der Waals surface area contributed by atoms with Gasteiger partial charge in [-0.05, 0) is 57.1 Å². The molecule has 2 aromatic carbocycles. The van der Waals surface area contributed by atoms with Crippen LogP contribution in [0.4, 0.5) is 15.8 Å². The highest BCUT2D eigenvalue weighted by molar-refractivity contribution is 6.25. The number of fused-ring (bicyclic) bond motifs is 3. The van der Waals surface area contributed by atoms with Gasteiger partial charge >= 0.3 is 0 Å². The third-order valence-electron chi connectivity index (χ3n) is 8.56. The number of anilines is 2. The van der Waals surface area contributed by atoms with Crippen molar-refractivity contribution in [3.63, 3.8) is 0 Å². The number of nitrogens with one attached hydrogen (secondary N) is 1. The van der Waals surface area contributed by atoms with Crippen LogP contribution in [0.2, 0.25) is 0 Å². The van der Waals surface area contributed by atoms with Crippen molar-refractivity contribution < 1.29 is 44.0 Å². The van der Waals surface area contributed by atoms with E-state index in [0.717, 1.165) is 11.8 Å². The van der Waals surface area contributed by atoms with Gasteiger partial charge in [0, 0.05) is 48.5 Å². The number of Topliss-reactive ketones (excluding diaryl/α,β-unsaturated/α-hetero) is 2. The first-order valence-electron chi connectivity index (χ1n) is 13.4. The summed E-state index contributed by atoms with van der Waals surface area (Å²) in [7, 11) is 6.67. The van der Waals surface area contributed by atoms with E-state index >= 15 is 4.39 Å². The molecule has 3 aliphatic carbocycles. The van der Waals surface area contributed by atoms with Crippen molar-refractivity contribution in [3.8, 4) is 5.75 Å². The molecule has 0 saturated carbocycles. The summed E-state index contributed by atoms with van der Waals surface area (Å²) >= 11 is 0. The van der Waals surface area contributed by atoms with E-state index in [-0.39, 0.29) is 24.0 Å². The minimum absolute atomic E-state index is 0.173. The van der Waals surface area contributed by atoms with Crippen LogP contribution in [-0.4, -0.2) is 88.5 Å². The Morgan fingerprint density at radius 2 is 1.70 bits per heavy atom. The first-order chi connectivity index (χ1) is 20.1. The molecule has 7 N–H and O–H groups in total. The van der Waals surface area contributed by atoms with Crippen molar-refractivity contribution in [2.24, 2.45) is 17.6 Å². The number of allylic oxidation sites excluding steroid dienone is 1. The minimum Gasteiger partial charge on any atom is -0.510 e. The lowest BCUT2D eigenvalue weighted by molar-refractivity contribution is -0.148. The lowest BCUT2D eigenvalue weighted by Crippen LogP contribution is -2.63. The second-order valence-corrected chi connectivity index (χ2v) is 11.5. The molecule has 2 amide bonds. The predicted octanol–water partition coefficient (Wildman–Crippen LogP) is 1.58. The maximum Gasteiger partial charge on any atom is 0.255 e. The lowest BCUT2D eigenvalue weighted by atomic mass is 9.58. The fourth-order valence-electron chi connectivity index (χ4n) is 6.47. The molecule has 0 aliphatic heterocycles. The molecule has 43 heavy (non-hydrogen) atoms. The number of ketones is 2. The van der Waals surface area contributed by atoms with Crippen LogP contribution in [0.25, 0.3) is 0 Å². The molecule has 0 bridgehead atoms. The second-order valence-electron chi connectivity index (χ2n) is 11.5. The maximum absolute atomic E-state index is 15.5. The molecule has 12 nitrogen and oxygen atoms in total. The van der Waals surface area contributed by atoms with Crippen LogP contribution in [-0.2, 0) is 16.0 Å². The molecule has 13 heteroatoms. The van der Waals surface area contributed by atoms with Crippen LogP contribution in [0.3, 0.4) is 0 Å². The fraction of sp³-hybridized carbons (Fsp3) is 0.333. The number of primary amides is 1. The fourth-order valence-corrected chi connectivity index (χ4v) is 6.47. The highest BCUT2D eigenvalue weighted by Crippen LogP contribution is 2.53. The summed E-state index contributed by atoms with van der Waals surface area (Å²) in [4.78, 5) is 55.4. The molecular formula is C30H31FN4O8. The zero-order valence-electron chi connectivity index (χ0n) is 23.8. The zero-order chi connectivity index (χ0) is 31.7. The Kier molecular flexibility index (Phi) is 7.06. The molecule has 2 aromatic rings. The number of aliphatic hydroxyl groups excluding tert-OH is 2. The summed E-state index contributed by atoms with van der Waals surface area (Å²) in [5, 5.41) is 47.3. The van der Waals surface area contributed by atoms with Crippen LogP contribution < -0.4 is 16.0 Å². The Balaban J connectivity index is 1.58. The van der Waals surface area contributed by atoms with Crippen molar-refractivity contribution in [1.82, 2.24) is 4.90 Å². The standard InChI is InChI=1S/C30H31FN4O8/c1-34(2)14-7-5-12(6-8-14)29(42)33-18-11-17(31)15-9-13-10-16-22(35(3)4)25(38)21(28(32)41)27(40)30(16,43)26(39)19(13)24(37)20(15)23(18)36/h5-8,11,13,16,22,36,38-39,43H,9-10H2,1-4H3,(H2,32,41)(H,33,42)/t13-,16-,22-,30-/m0/s1. The maximum atomic E-state index is 15.5. The largest absolute Gasteiger partial charge is 0.510 e. The van der Waals surface area contributed by atoms with Crippen molar-refractivity contribution in [2.75, 3.05) is 38.4 Å². The first kappa shape index (κ1) is 29.7. The summed E-state index contributed by atoms with van der Waals surface area (Å²) < 4.78 is 15.5. The van der Waals surface area contributed by atoms with E-state index in [0.29, 0.717) is 0 Å². The van der Waals surface area contributed by atoms with Gasteiger partial charge in [0.25, 0.3) is 11.8 Å². The number of hydrogen-bond acceptors (Lipinski definition) is 10. The molecule has 0 radical (unpaired) electrons. The molecule has 0 spiro atoms. The van der Waals surface area contributed by atoms with E-state index in [1.54, 1.807) is 12.1 Å². The van der Waals surface area contributed by atoms with Gasteiger partial charge in [-0.3, -0.25) is 24.1 Å². The van der Waals surface area contributed by atoms with Gasteiger partial charge in [-0.2, -0.15) is 0 Å². The van der Waals surface area contributed by atoms with Gasteiger partial charge in [0.1, 0.15) is 22.9 Å². The molecule has 0 heterocycles. The van der Waals surface area contributed by atoms with E-state index in [2.05, 4.69) is 5.32 Å². The van der Waals surface area contributed by atoms with Gasteiger partial charge in [-0.1, -0.05) is 0 Å². The summed E-state index contributed by atoms with van der Waals surface area (Å²) in [5.74, 6) is -10.0. The van der Waals surface area contributed by atoms with Crippen molar-refractivity contribution in [3.05, 3.63) is 75.5 Å². The monoisotopic (exact) mass is 594 g/mol. The van der Waals surface area contributed by atoms with E-state index in [1.807, 2.05) is 19.0 Å². The van der Waals surface area contributed by atoms with Crippen LogP contribution in [0.1, 0.15) is 32.7 Å². The van der Waals surface area contributed by atoms with Gasteiger partial charge < -0.3 is 36.4 Å². The molecule has 0 aromatic heterocycles. The van der Waals surface area contributed by atoms with Crippen molar-refractivity contribution >= 4 is 34.8 Å². The summed E-state index contributed by atoms with van der Waals surface area (Å²) in [6.45, 7) is 0. The van der Waals surface area contributed by atoms with Crippen LogP contribution >= 0.6 is 0 Å². The summed E-state index contributed by atoms with van der Waals surface area (Å²) in [6, 6.07) is 6.17. The number of aromatic hydroxyl groups is 1. The summed E-state index contributed by atoms with van der Waals surface area (Å²) in [6.07, 6.45) is -0.387. The Labute approximate surface area is 245 Å². The smallest absolute Gasteiger partial charge is 0.255 e. The number of hydrogen-bond donors (Lipinski definition) is 6. The van der Waals surface area contributed by atoms with Gasteiger partial charge in [-0.15, -0.1) is 0 Å². The number of rotatable bonds is 5. The molecule has 3 aliphatic rings. The Morgan fingerprint density at radius 3 is 2.26 bits per heavy atom. The van der Waals surface area contributed by atoms with Crippen molar-refractivity contribution in [2.45, 2.75) is 24.5 Å². The Morgan fingerprint density at radius 1 is 1.07 bits per heavy atom. The average Bonchev–Trinajstić information content (AvgIpc) is 2.93. The normalized spacial score (nSPS) is 24.9. The average molecular weight is 595 g/mol. The quantitative estimate of drug-likeness (QED) is 0.219. The SMILES string of the molecule is CN(C)c1ccc(C(=O)Nc2cc(F)c3c(c2O)C(=O)C2=C(O)[C@]4(O)C(=O)C(C(N)=O)=C(O)[C@@H](N(C)C)[C@@H]4C[C@@H]2C3)cc1. The molecular weight excluding hydrogens is 563 g/mol. The third kappa shape index (κ3) is 4.34. The molecule has 226 valence electrons. The predicted molar refractivity (Wildman–Crippen MR) is 152 cm³/mol. The number of halogens is 1. The second kappa shape index (κ2) is 10.2. The van der Waals surface area contributed by atoms with Gasteiger partial charge in [0.2, 0.25) is 5.78 Å². The number of carbonyl (C=O) groups excluding carboxylic acids is 4. The molecule has 0 unspecified atom stereocenters. The molecule has 4 atom stereocenters. The van der Waals surface area contributed by atoms with E-state index in [4.69, 9.17) is 5.73 Å². The number of aliphatic hydroxyl groups is 3. The highest BCUT2D eigenvalue weighted by atomic mass is 19.1.